The van der Waals surface area contributed by atoms with E-state index in [9.17, 15) is 9.59 Å². The fourth-order valence-electron chi connectivity index (χ4n) is 5.42. The van der Waals surface area contributed by atoms with Crippen LogP contribution >= 0.6 is 0 Å². The van der Waals surface area contributed by atoms with E-state index in [2.05, 4.69) is 34.8 Å². The van der Waals surface area contributed by atoms with E-state index in [1.807, 2.05) is 53.4 Å². The molecule has 0 bridgehead atoms. The Morgan fingerprint density at radius 2 is 1.82 bits per heavy atom. The van der Waals surface area contributed by atoms with Gasteiger partial charge in [-0.15, -0.1) is 0 Å². The minimum atomic E-state index is -0.0957. The Balaban J connectivity index is 1.21. The molecule has 2 aliphatic rings. The van der Waals surface area contributed by atoms with Crippen molar-refractivity contribution in [2.75, 3.05) is 31.9 Å². The van der Waals surface area contributed by atoms with Gasteiger partial charge in [0.15, 0.2) is 11.6 Å². The molecule has 3 atom stereocenters. The lowest BCUT2D eigenvalue weighted by atomic mass is 10.0. The van der Waals surface area contributed by atoms with Gasteiger partial charge >= 0.3 is 0 Å². The predicted molar refractivity (Wildman–Crippen MR) is 156 cm³/mol. The highest BCUT2D eigenvalue weighted by Crippen LogP contribution is 2.28. The van der Waals surface area contributed by atoms with E-state index in [4.69, 9.17) is 10.5 Å². The van der Waals surface area contributed by atoms with Crippen LogP contribution in [0.25, 0.3) is 11.1 Å². The van der Waals surface area contributed by atoms with Crippen LogP contribution in [0, 0.1) is 0 Å². The highest BCUT2D eigenvalue weighted by molar-refractivity contribution is 5.95. The number of hydrogen-bond acceptors (Lipinski definition) is 7. The average molecular weight is 543 g/mol. The van der Waals surface area contributed by atoms with Gasteiger partial charge in [0.25, 0.3) is 11.8 Å². The molecule has 5 N–H and O–H groups in total. The molecule has 3 unspecified atom stereocenters. The number of nitrogens with one attached hydrogen (secondary N) is 3. The number of rotatable bonds is 8. The van der Waals surface area contributed by atoms with Gasteiger partial charge in [-0.2, -0.15) is 0 Å². The Morgan fingerprint density at radius 3 is 2.55 bits per heavy atom. The zero-order valence-electron chi connectivity index (χ0n) is 23.2. The topological polar surface area (TPSA) is 122 Å². The quantitative estimate of drug-likeness (QED) is 0.345. The van der Waals surface area contributed by atoms with Crippen LogP contribution < -0.4 is 26.4 Å². The smallest absolute Gasteiger partial charge is 0.253 e. The van der Waals surface area contributed by atoms with Gasteiger partial charge in [0, 0.05) is 60.6 Å². The summed E-state index contributed by atoms with van der Waals surface area (Å²) in [5, 5.41) is 9.85. The number of amides is 2. The standard InChI is InChI=1S/C31H38N6O3/c1-20-17-37(18-21(2)36-20)31(39)24-10-8-23(9-11-24)26-14-28(29(32)34-15-26)40-19-22-5-3-6-25(13-22)30(38)35-16-27-7-4-12-33-27/h3,5-6,8-11,13-15,20-21,27,33,36H,4,7,12,16-19H2,1-2H3,(H2,32,34)(H,35,38). The minimum absolute atomic E-state index is 0.0392. The largest absolute Gasteiger partial charge is 0.485 e. The van der Waals surface area contributed by atoms with Gasteiger partial charge in [-0.3, -0.25) is 9.59 Å². The van der Waals surface area contributed by atoms with Gasteiger partial charge in [0.05, 0.1) is 0 Å². The molecule has 2 fully saturated rings. The molecular formula is C31H38N6O3. The van der Waals surface area contributed by atoms with Crippen LogP contribution in [0.2, 0.25) is 0 Å². The van der Waals surface area contributed by atoms with Crippen molar-refractivity contribution in [3.8, 4) is 16.9 Å². The zero-order chi connectivity index (χ0) is 28.1. The third-order valence-electron chi connectivity index (χ3n) is 7.45. The number of aromatic nitrogens is 1. The molecule has 9 heteroatoms. The van der Waals surface area contributed by atoms with Crippen LogP contribution in [0.1, 0.15) is 53.0 Å². The van der Waals surface area contributed by atoms with Gasteiger partial charge in [0.1, 0.15) is 6.61 Å². The summed E-state index contributed by atoms with van der Waals surface area (Å²) in [5.74, 6) is 0.693. The molecule has 40 heavy (non-hydrogen) atoms. The second-order valence-corrected chi connectivity index (χ2v) is 10.9. The molecule has 1 aromatic heterocycles. The Kier molecular flexibility index (Phi) is 8.62. The first-order chi connectivity index (χ1) is 19.4. The number of benzene rings is 2. The van der Waals surface area contributed by atoms with E-state index in [1.54, 1.807) is 12.3 Å². The zero-order valence-corrected chi connectivity index (χ0v) is 23.2. The van der Waals surface area contributed by atoms with E-state index in [1.165, 1.54) is 0 Å². The summed E-state index contributed by atoms with van der Waals surface area (Å²) in [6, 6.07) is 17.7. The lowest BCUT2D eigenvalue weighted by molar-refractivity contribution is 0.0673. The van der Waals surface area contributed by atoms with Crippen molar-refractivity contribution >= 4 is 17.6 Å². The van der Waals surface area contributed by atoms with Crippen molar-refractivity contribution in [2.45, 2.75) is 51.4 Å². The maximum absolute atomic E-state index is 13.0. The number of nitrogen functional groups attached to an aromatic ring is 1. The van der Waals surface area contributed by atoms with Crippen LogP contribution in [0.5, 0.6) is 5.75 Å². The number of carbonyl (C=O) groups is 2. The van der Waals surface area contributed by atoms with Crippen molar-refractivity contribution in [1.82, 2.24) is 25.8 Å². The molecule has 2 amide bonds. The number of carbonyl (C=O) groups excluding carboxylic acids is 2. The number of nitrogens with zero attached hydrogens (tertiary/aromatic N) is 2. The van der Waals surface area contributed by atoms with E-state index < -0.39 is 0 Å². The predicted octanol–water partition coefficient (Wildman–Crippen LogP) is 3.21. The third-order valence-corrected chi connectivity index (χ3v) is 7.45. The number of hydrogen-bond donors (Lipinski definition) is 4. The van der Waals surface area contributed by atoms with Gasteiger partial charge in [-0.05, 0) is 74.7 Å². The van der Waals surface area contributed by atoms with Gasteiger partial charge in [0.2, 0.25) is 0 Å². The van der Waals surface area contributed by atoms with Crippen molar-refractivity contribution < 1.29 is 14.3 Å². The van der Waals surface area contributed by atoms with Crippen molar-refractivity contribution in [3.63, 3.8) is 0 Å². The molecule has 0 saturated carbocycles. The monoisotopic (exact) mass is 542 g/mol. The summed E-state index contributed by atoms with van der Waals surface area (Å²) in [4.78, 5) is 31.9. The molecule has 2 aliphatic heterocycles. The van der Waals surface area contributed by atoms with Crippen molar-refractivity contribution in [1.29, 1.82) is 0 Å². The first-order valence-corrected chi connectivity index (χ1v) is 14.0. The summed E-state index contributed by atoms with van der Waals surface area (Å²) in [5.41, 5.74) is 9.97. The minimum Gasteiger partial charge on any atom is -0.485 e. The summed E-state index contributed by atoms with van der Waals surface area (Å²) in [6.07, 6.45) is 3.93. The number of anilines is 1. The van der Waals surface area contributed by atoms with Crippen LogP contribution in [0.3, 0.4) is 0 Å². The SMILES string of the molecule is CC1CN(C(=O)c2ccc(-c3cnc(N)c(OCc4cccc(C(=O)NCC5CCCN5)c4)c3)cc2)CC(C)N1. The summed E-state index contributed by atoms with van der Waals surface area (Å²) in [7, 11) is 0. The number of piperazine rings is 1. The fourth-order valence-corrected chi connectivity index (χ4v) is 5.42. The highest BCUT2D eigenvalue weighted by Gasteiger charge is 2.25. The summed E-state index contributed by atoms with van der Waals surface area (Å²) < 4.78 is 6.03. The van der Waals surface area contributed by atoms with E-state index >= 15 is 0 Å². The van der Waals surface area contributed by atoms with Crippen LogP contribution in [-0.2, 0) is 6.61 Å². The molecule has 210 valence electrons. The van der Waals surface area contributed by atoms with E-state index in [-0.39, 0.29) is 36.3 Å². The molecule has 3 aromatic rings. The second kappa shape index (κ2) is 12.5. The first-order valence-electron chi connectivity index (χ1n) is 14.0. The van der Waals surface area contributed by atoms with Crippen molar-refractivity contribution in [3.05, 3.63) is 77.5 Å². The number of pyridine rings is 1. The van der Waals surface area contributed by atoms with Crippen molar-refractivity contribution in [2.24, 2.45) is 0 Å². The summed E-state index contributed by atoms with van der Waals surface area (Å²) >= 11 is 0. The number of ether oxygens (including phenoxy) is 1. The van der Waals surface area contributed by atoms with Gasteiger partial charge in [-0.25, -0.2) is 4.98 Å². The van der Waals surface area contributed by atoms with Crippen LogP contribution in [0.4, 0.5) is 5.82 Å². The molecule has 3 heterocycles. The van der Waals surface area contributed by atoms with Gasteiger partial charge in [-0.1, -0.05) is 24.3 Å². The maximum atomic E-state index is 13.0. The Bertz CT molecular complexity index is 1330. The van der Waals surface area contributed by atoms with E-state index in [0.29, 0.717) is 42.6 Å². The molecule has 0 radical (unpaired) electrons. The van der Waals surface area contributed by atoms with Gasteiger partial charge < -0.3 is 31.3 Å². The molecule has 5 rings (SSSR count). The first kappa shape index (κ1) is 27.6. The third kappa shape index (κ3) is 6.78. The molecule has 9 nitrogen and oxygen atoms in total. The van der Waals surface area contributed by atoms with E-state index in [0.717, 1.165) is 36.1 Å². The number of nitrogens with two attached hydrogens (primary N) is 1. The fraction of sp³-hybridized carbons (Fsp3) is 0.387. The Morgan fingerprint density at radius 1 is 1.05 bits per heavy atom. The van der Waals surface area contributed by atoms with Crippen LogP contribution in [0.15, 0.2) is 60.8 Å². The molecular weight excluding hydrogens is 504 g/mol. The summed E-state index contributed by atoms with van der Waals surface area (Å²) in [6.45, 7) is 7.45. The molecule has 0 spiro atoms. The second-order valence-electron chi connectivity index (χ2n) is 10.9. The average Bonchev–Trinajstić information content (AvgIpc) is 3.49. The molecule has 0 aliphatic carbocycles. The lowest BCUT2D eigenvalue weighted by Crippen LogP contribution is -2.55. The highest BCUT2D eigenvalue weighted by atomic mass is 16.5. The normalized spacial score (nSPS) is 20.8. The Hall–Kier alpha value is -3.95. The van der Waals surface area contributed by atoms with Crippen LogP contribution in [-0.4, -0.2) is 66.0 Å². The lowest BCUT2D eigenvalue weighted by Gasteiger charge is -2.36. The molecule has 2 aromatic carbocycles. The molecule has 2 saturated heterocycles. The maximum Gasteiger partial charge on any atom is 0.253 e. The Labute approximate surface area is 235 Å².